The van der Waals surface area contributed by atoms with Crippen LogP contribution in [0.5, 0.6) is 0 Å². The fourth-order valence-electron chi connectivity index (χ4n) is 1.81. The van der Waals surface area contributed by atoms with Gasteiger partial charge in [0.1, 0.15) is 0 Å². The highest BCUT2D eigenvalue weighted by molar-refractivity contribution is 9.09. The molecule has 0 radical (unpaired) electrons. The molecule has 1 N–H and O–H groups in total. The van der Waals surface area contributed by atoms with Gasteiger partial charge >= 0.3 is 5.97 Å². The summed E-state index contributed by atoms with van der Waals surface area (Å²) in [6.07, 6.45) is 1.06. The smallest absolute Gasteiger partial charge is 0.332 e. The third kappa shape index (κ3) is 1.90. The van der Waals surface area contributed by atoms with Crippen LogP contribution in [0.2, 0.25) is 0 Å². The maximum Gasteiger partial charge on any atom is 0.332 e. The van der Waals surface area contributed by atoms with Crippen LogP contribution in [-0.4, -0.2) is 22.2 Å². The first-order valence-corrected chi connectivity index (χ1v) is 5.58. The summed E-state index contributed by atoms with van der Waals surface area (Å²) in [6, 6.07) is 0. The molecule has 78 valence electrons. The van der Waals surface area contributed by atoms with Crippen LogP contribution in [0.25, 0.3) is 0 Å². The molecule has 0 unspecified atom stereocenters. The number of hydrogen-bond acceptors (Lipinski definition) is 2. The predicted octanol–water partition coefficient (Wildman–Crippen LogP) is 2.15. The van der Waals surface area contributed by atoms with Gasteiger partial charge in [-0.1, -0.05) is 29.8 Å². The van der Waals surface area contributed by atoms with E-state index in [-0.39, 0.29) is 11.4 Å². The van der Waals surface area contributed by atoms with Crippen LogP contribution in [0.3, 0.4) is 0 Å². The minimum Gasteiger partial charge on any atom is -0.478 e. The average molecular weight is 261 g/mol. The third-order valence-electron chi connectivity index (χ3n) is 2.64. The predicted molar refractivity (Wildman–Crippen MR) is 56.5 cm³/mol. The van der Waals surface area contributed by atoms with Crippen LogP contribution in [-0.2, 0) is 9.59 Å². The highest BCUT2D eigenvalue weighted by atomic mass is 79.9. The molecule has 0 saturated heterocycles. The number of hydrogen-bond donors (Lipinski definition) is 1. The van der Waals surface area contributed by atoms with E-state index in [1.54, 1.807) is 0 Å². The van der Waals surface area contributed by atoms with Gasteiger partial charge < -0.3 is 5.11 Å². The number of carbonyl (C=O) groups excluding carboxylic acids is 1. The van der Waals surface area contributed by atoms with E-state index in [0.29, 0.717) is 23.7 Å². The lowest BCUT2D eigenvalue weighted by Gasteiger charge is -2.31. The van der Waals surface area contributed by atoms with Gasteiger partial charge in [-0.2, -0.15) is 0 Å². The van der Waals surface area contributed by atoms with E-state index in [2.05, 4.69) is 15.9 Å². The summed E-state index contributed by atoms with van der Waals surface area (Å²) in [5.74, 6) is -1.02. The molecule has 0 amide bonds. The zero-order valence-corrected chi connectivity index (χ0v) is 9.85. The molecule has 14 heavy (non-hydrogen) atoms. The second-order valence-electron chi connectivity index (χ2n) is 4.10. The van der Waals surface area contributed by atoms with E-state index in [0.717, 1.165) is 0 Å². The Bertz CT molecular complexity index is 315. The molecule has 0 aromatic rings. The van der Waals surface area contributed by atoms with Gasteiger partial charge in [0.15, 0.2) is 5.78 Å². The second-order valence-corrected chi connectivity index (χ2v) is 4.66. The van der Waals surface area contributed by atoms with Gasteiger partial charge in [-0.05, 0) is 11.8 Å². The van der Waals surface area contributed by atoms with Crippen LogP contribution in [0.1, 0.15) is 26.7 Å². The molecule has 0 fully saturated rings. The normalized spacial score (nSPS) is 21.2. The first kappa shape index (κ1) is 11.4. The number of Topliss-reactive ketones (excluding diaryl/α,β-unsaturated/α-hetero) is 1. The van der Waals surface area contributed by atoms with Gasteiger partial charge in [0.05, 0.1) is 5.57 Å². The molecule has 0 bridgehead atoms. The van der Waals surface area contributed by atoms with Gasteiger partial charge in [-0.15, -0.1) is 0 Å². The van der Waals surface area contributed by atoms with E-state index in [4.69, 9.17) is 5.11 Å². The van der Waals surface area contributed by atoms with Crippen molar-refractivity contribution in [1.29, 1.82) is 0 Å². The maximum absolute atomic E-state index is 11.5. The van der Waals surface area contributed by atoms with E-state index < -0.39 is 11.4 Å². The number of ketones is 1. The van der Waals surface area contributed by atoms with Gasteiger partial charge in [0.2, 0.25) is 0 Å². The summed E-state index contributed by atoms with van der Waals surface area (Å²) in [7, 11) is 0. The number of alkyl halides is 1. The van der Waals surface area contributed by atoms with Gasteiger partial charge in [0, 0.05) is 17.3 Å². The Hall–Kier alpha value is -0.640. The number of allylic oxidation sites excluding steroid dienone is 1. The van der Waals surface area contributed by atoms with Crippen LogP contribution in [0.15, 0.2) is 11.1 Å². The number of rotatable bonds is 2. The maximum atomic E-state index is 11.5. The first-order chi connectivity index (χ1) is 6.40. The minimum atomic E-state index is -0.975. The lowest BCUT2D eigenvalue weighted by atomic mass is 9.72. The fourth-order valence-corrected chi connectivity index (χ4v) is 2.40. The lowest BCUT2D eigenvalue weighted by Crippen LogP contribution is -2.31. The van der Waals surface area contributed by atoms with Crippen LogP contribution >= 0.6 is 15.9 Å². The largest absolute Gasteiger partial charge is 0.478 e. The number of aliphatic carboxylic acids is 1. The van der Waals surface area contributed by atoms with Gasteiger partial charge in [-0.25, -0.2) is 4.79 Å². The molecule has 3 nitrogen and oxygen atoms in total. The Morgan fingerprint density at radius 2 is 2.14 bits per heavy atom. The number of carboxylic acids is 1. The van der Waals surface area contributed by atoms with E-state index in [1.165, 1.54) is 0 Å². The molecular weight excluding hydrogens is 248 g/mol. The van der Waals surface area contributed by atoms with Crippen LogP contribution in [0.4, 0.5) is 0 Å². The molecule has 0 aromatic carbocycles. The van der Waals surface area contributed by atoms with Crippen molar-refractivity contribution in [2.45, 2.75) is 26.7 Å². The zero-order valence-electron chi connectivity index (χ0n) is 8.26. The van der Waals surface area contributed by atoms with Crippen molar-refractivity contribution in [1.82, 2.24) is 0 Å². The summed E-state index contributed by atoms with van der Waals surface area (Å²) < 4.78 is 0. The summed E-state index contributed by atoms with van der Waals surface area (Å²) in [5.41, 5.74) is 0.294. The number of carbonyl (C=O) groups is 2. The van der Waals surface area contributed by atoms with E-state index in [9.17, 15) is 9.59 Å². The van der Waals surface area contributed by atoms with Crippen molar-refractivity contribution in [3.8, 4) is 0 Å². The molecule has 1 aliphatic carbocycles. The zero-order chi connectivity index (χ0) is 10.9. The molecule has 0 saturated carbocycles. The topological polar surface area (TPSA) is 54.4 Å². The summed E-state index contributed by atoms with van der Waals surface area (Å²) in [5, 5.41) is 9.39. The summed E-state index contributed by atoms with van der Waals surface area (Å²) >= 11 is 3.17. The average Bonchev–Trinajstić information content (AvgIpc) is 2.07. The summed E-state index contributed by atoms with van der Waals surface area (Å²) in [6.45, 7) is 3.73. The first-order valence-electron chi connectivity index (χ1n) is 4.46. The molecule has 0 aromatic heterocycles. The van der Waals surface area contributed by atoms with E-state index in [1.807, 2.05) is 13.8 Å². The van der Waals surface area contributed by atoms with Crippen molar-refractivity contribution in [3.05, 3.63) is 11.1 Å². The molecule has 4 heteroatoms. The van der Waals surface area contributed by atoms with Crippen molar-refractivity contribution in [2.24, 2.45) is 5.41 Å². The van der Waals surface area contributed by atoms with Crippen molar-refractivity contribution in [2.75, 3.05) is 5.33 Å². The Labute approximate surface area is 91.3 Å². The third-order valence-corrected chi connectivity index (χ3v) is 3.20. The molecule has 0 atom stereocenters. The quantitative estimate of drug-likeness (QED) is 0.775. The molecule has 0 spiro atoms. The molecular formula is C10H13BrO3. The number of carboxylic acid groups (broad SMARTS) is 1. The summed E-state index contributed by atoms with van der Waals surface area (Å²) in [4.78, 5) is 22.5. The molecule has 1 aliphatic rings. The molecule has 0 heterocycles. The monoisotopic (exact) mass is 260 g/mol. The SMILES string of the molecule is CC1(C)CCC(=O)C(CBr)=C1C(=O)O. The van der Waals surface area contributed by atoms with Crippen molar-refractivity contribution >= 4 is 27.7 Å². The van der Waals surface area contributed by atoms with Crippen LogP contribution < -0.4 is 0 Å². The molecule has 0 aliphatic heterocycles. The fraction of sp³-hybridized carbons (Fsp3) is 0.600. The van der Waals surface area contributed by atoms with Gasteiger partial charge in [0.25, 0.3) is 0 Å². The van der Waals surface area contributed by atoms with E-state index >= 15 is 0 Å². The Balaban J connectivity index is 3.30. The molecule has 1 rings (SSSR count). The second kappa shape index (κ2) is 3.85. The highest BCUT2D eigenvalue weighted by Gasteiger charge is 2.37. The van der Waals surface area contributed by atoms with Crippen molar-refractivity contribution in [3.63, 3.8) is 0 Å². The Morgan fingerprint density at radius 1 is 1.57 bits per heavy atom. The Morgan fingerprint density at radius 3 is 2.50 bits per heavy atom. The minimum absolute atomic E-state index is 0.0430. The van der Waals surface area contributed by atoms with Crippen molar-refractivity contribution < 1.29 is 14.7 Å². The highest BCUT2D eigenvalue weighted by Crippen LogP contribution is 2.39. The standard InChI is InChI=1S/C10H13BrO3/c1-10(2)4-3-7(12)6(5-11)8(10)9(13)14/h3-5H2,1-2H3,(H,13,14). The van der Waals surface area contributed by atoms with Gasteiger partial charge in [-0.3, -0.25) is 4.79 Å². The van der Waals surface area contributed by atoms with Crippen LogP contribution in [0, 0.1) is 5.41 Å². The lowest BCUT2D eigenvalue weighted by molar-refractivity contribution is -0.135. The number of halogens is 1. The Kier molecular flexibility index (Phi) is 3.14.